The minimum absolute atomic E-state index is 0.0541. The molecule has 0 radical (unpaired) electrons. The van der Waals surface area contributed by atoms with Crippen LogP contribution in [-0.4, -0.2) is 30.2 Å². The summed E-state index contributed by atoms with van der Waals surface area (Å²) < 4.78 is 79.3. The fourth-order valence-corrected chi connectivity index (χ4v) is 4.49. The molecule has 0 aromatic carbocycles. The first kappa shape index (κ1) is 27.5. The van der Waals surface area contributed by atoms with Gasteiger partial charge in [0.15, 0.2) is 0 Å². The second kappa shape index (κ2) is 11.6. The number of alkyl halides is 5. The summed E-state index contributed by atoms with van der Waals surface area (Å²) in [5.41, 5.74) is -1.47. The van der Waals surface area contributed by atoms with Crippen molar-refractivity contribution in [3.05, 3.63) is 34.4 Å². The lowest BCUT2D eigenvalue weighted by Crippen LogP contribution is -2.18. The van der Waals surface area contributed by atoms with Gasteiger partial charge in [0.2, 0.25) is 11.9 Å². The van der Waals surface area contributed by atoms with Crippen molar-refractivity contribution in [2.24, 2.45) is 5.16 Å². The summed E-state index contributed by atoms with van der Waals surface area (Å²) in [6.45, 7) is 7.52. The minimum atomic E-state index is -2.79. The zero-order valence-electron chi connectivity index (χ0n) is 18.4. The van der Waals surface area contributed by atoms with Crippen LogP contribution in [0.25, 0.3) is 0 Å². The maximum atomic E-state index is 14.0. The van der Waals surface area contributed by atoms with Crippen molar-refractivity contribution >= 4 is 32.7 Å². The van der Waals surface area contributed by atoms with E-state index in [2.05, 4.69) is 31.3 Å². The molecule has 33 heavy (non-hydrogen) atoms. The molecule has 0 unspecified atom stereocenters. The number of oxime groups is 1. The van der Waals surface area contributed by atoms with Gasteiger partial charge in [-0.1, -0.05) is 21.1 Å². The van der Waals surface area contributed by atoms with E-state index in [1.165, 1.54) is 11.8 Å². The maximum absolute atomic E-state index is 14.0. The van der Waals surface area contributed by atoms with Crippen LogP contribution in [0.4, 0.5) is 26.3 Å². The average Bonchev–Trinajstić information content (AvgIpc) is 3.38. The third kappa shape index (κ3) is 6.67. The van der Waals surface area contributed by atoms with Gasteiger partial charge in [0.25, 0.3) is 12.9 Å². The summed E-state index contributed by atoms with van der Waals surface area (Å²) in [5.74, 6) is -1.31. The van der Waals surface area contributed by atoms with Crippen LogP contribution in [0.2, 0.25) is 0 Å². The number of nitrogens with zero attached hydrogens (tertiary/aromatic N) is 5. The van der Waals surface area contributed by atoms with Crippen LogP contribution >= 0.6 is 27.7 Å². The lowest BCUT2D eigenvalue weighted by molar-refractivity contribution is 0.0123. The van der Waals surface area contributed by atoms with Gasteiger partial charge in [-0.2, -0.15) is 19.0 Å². The number of aryl methyl sites for hydroxylation is 2. The minimum Gasteiger partial charge on any atom is -0.389 e. The molecule has 2 aromatic heterocycles. The van der Waals surface area contributed by atoms with Crippen LogP contribution in [0.5, 0.6) is 0 Å². The van der Waals surface area contributed by atoms with E-state index in [1.807, 2.05) is 13.8 Å². The lowest BCUT2D eigenvalue weighted by atomic mass is 10.1. The smallest absolute Gasteiger partial charge is 0.282 e. The van der Waals surface area contributed by atoms with Crippen molar-refractivity contribution in [2.45, 2.75) is 76.7 Å². The third-order valence-electron chi connectivity index (χ3n) is 4.53. The van der Waals surface area contributed by atoms with E-state index in [4.69, 9.17) is 4.84 Å². The van der Waals surface area contributed by atoms with E-state index in [-0.39, 0.29) is 40.9 Å². The average molecular weight is 564 g/mol. The molecule has 14 heteroatoms. The fraction of sp³-hybridized carbons (Fsp3) is 0.632. The van der Waals surface area contributed by atoms with Crippen molar-refractivity contribution in [3.63, 3.8) is 0 Å². The van der Waals surface area contributed by atoms with Gasteiger partial charge in [0.1, 0.15) is 22.0 Å². The van der Waals surface area contributed by atoms with Gasteiger partial charge in [-0.15, -0.1) is 11.8 Å². The Bertz CT molecular complexity index is 979. The largest absolute Gasteiger partial charge is 0.389 e. The van der Waals surface area contributed by atoms with E-state index in [1.54, 1.807) is 13.8 Å². The van der Waals surface area contributed by atoms with Gasteiger partial charge in [-0.25, -0.2) is 26.9 Å². The lowest BCUT2D eigenvalue weighted by Gasteiger charge is -2.13. The Balaban J connectivity index is 0.000000257. The van der Waals surface area contributed by atoms with Crippen LogP contribution in [0.15, 0.2) is 5.16 Å². The van der Waals surface area contributed by atoms with E-state index in [0.29, 0.717) is 11.5 Å². The highest BCUT2D eigenvalue weighted by molar-refractivity contribution is 9.08. The first-order chi connectivity index (χ1) is 15.4. The highest BCUT2D eigenvalue weighted by Gasteiger charge is 2.30. The normalized spacial score (nSPS) is 15.0. The van der Waals surface area contributed by atoms with Crippen molar-refractivity contribution in [3.8, 4) is 0 Å². The molecule has 0 fully saturated rings. The number of thioether (sulfide) groups is 1. The second-order valence-electron chi connectivity index (χ2n) is 7.48. The summed E-state index contributed by atoms with van der Waals surface area (Å²) in [6.07, 6.45) is -4.92. The molecular weight excluding hydrogens is 540 g/mol. The van der Waals surface area contributed by atoms with Gasteiger partial charge in [0, 0.05) is 41.7 Å². The van der Waals surface area contributed by atoms with Crippen LogP contribution in [0, 0.1) is 11.9 Å². The highest BCUT2D eigenvalue weighted by Crippen LogP contribution is 2.32. The Morgan fingerprint density at radius 1 is 0.970 bits per heavy atom. The molecule has 0 bridgehead atoms. The summed E-state index contributed by atoms with van der Waals surface area (Å²) in [5, 5.41) is 11.7. The molecule has 3 rings (SSSR count). The molecule has 2 aromatic rings. The number of hydrogen-bond donors (Lipinski definition) is 0. The standard InChI is InChI=1S/C12H16F3N3OS.C7H8BrF3N2/c1-4-18-11(15)7(9(16-18)10(13)14)6-20-8-5-12(2,3)19-17-8;1-2-13-7(11)4(3-8)5(12-13)6(9)10/h10H,4-6H2,1-3H3;6H,2-3H2,1H3. The van der Waals surface area contributed by atoms with Crippen molar-refractivity contribution in [2.75, 3.05) is 0 Å². The summed E-state index contributed by atoms with van der Waals surface area (Å²) in [7, 11) is 0. The molecule has 1 aliphatic rings. The van der Waals surface area contributed by atoms with Crippen molar-refractivity contribution in [1.82, 2.24) is 19.6 Å². The van der Waals surface area contributed by atoms with Gasteiger partial charge >= 0.3 is 0 Å². The summed E-state index contributed by atoms with van der Waals surface area (Å²) in [6, 6.07) is 0. The number of rotatable bonds is 7. The molecule has 0 saturated heterocycles. The SMILES string of the molecule is CCn1nc(C(F)F)c(CBr)c1F.CCn1nc(C(F)F)c(CSC2=NOC(C)(C)C2)c1F. The van der Waals surface area contributed by atoms with Crippen molar-refractivity contribution < 1.29 is 31.2 Å². The zero-order valence-corrected chi connectivity index (χ0v) is 20.8. The van der Waals surface area contributed by atoms with Crippen molar-refractivity contribution in [1.29, 1.82) is 0 Å². The Labute approximate surface area is 199 Å². The Morgan fingerprint density at radius 3 is 1.82 bits per heavy atom. The van der Waals surface area contributed by atoms with Gasteiger partial charge in [-0.3, -0.25) is 0 Å². The Kier molecular flexibility index (Phi) is 9.70. The van der Waals surface area contributed by atoms with E-state index in [0.717, 1.165) is 9.36 Å². The van der Waals surface area contributed by atoms with Gasteiger partial charge < -0.3 is 4.84 Å². The zero-order chi connectivity index (χ0) is 24.9. The van der Waals surface area contributed by atoms with Crippen LogP contribution in [0.3, 0.4) is 0 Å². The molecule has 0 amide bonds. The van der Waals surface area contributed by atoms with Crippen LogP contribution in [0.1, 0.15) is 69.5 Å². The molecule has 0 N–H and O–H groups in total. The van der Waals surface area contributed by atoms with Crippen LogP contribution in [-0.2, 0) is 29.0 Å². The van der Waals surface area contributed by atoms with E-state index in [9.17, 15) is 26.3 Å². The van der Waals surface area contributed by atoms with Crippen LogP contribution < -0.4 is 0 Å². The molecule has 186 valence electrons. The monoisotopic (exact) mass is 563 g/mol. The van der Waals surface area contributed by atoms with E-state index < -0.39 is 36.1 Å². The van der Waals surface area contributed by atoms with Gasteiger partial charge in [-0.05, 0) is 27.7 Å². The quantitative estimate of drug-likeness (QED) is 0.281. The molecule has 0 spiro atoms. The van der Waals surface area contributed by atoms with E-state index >= 15 is 0 Å². The topological polar surface area (TPSA) is 57.2 Å². The fourth-order valence-electron chi connectivity index (χ4n) is 2.85. The second-order valence-corrected chi connectivity index (χ2v) is 9.09. The predicted octanol–water partition coefficient (Wildman–Crippen LogP) is 6.60. The molecular formula is C19H24BrF6N5OS. The van der Waals surface area contributed by atoms with Gasteiger partial charge in [0.05, 0.1) is 0 Å². The Hall–Kier alpha value is -1.70. The highest BCUT2D eigenvalue weighted by atomic mass is 79.9. The first-order valence-electron chi connectivity index (χ1n) is 9.95. The molecule has 1 aliphatic heterocycles. The molecule has 3 heterocycles. The molecule has 6 nitrogen and oxygen atoms in total. The molecule has 0 saturated carbocycles. The number of aromatic nitrogens is 4. The predicted molar refractivity (Wildman–Crippen MR) is 117 cm³/mol. The summed E-state index contributed by atoms with van der Waals surface area (Å²) >= 11 is 4.15. The molecule has 0 atom stereocenters. The number of halogens is 7. The molecule has 0 aliphatic carbocycles. The summed E-state index contributed by atoms with van der Waals surface area (Å²) in [4.78, 5) is 5.18. The number of hydrogen-bond acceptors (Lipinski definition) is 5. The first-order valence-corrected chi connectivity index (χ1v) is 12.1. The third-order valence-corrected chi connectivity index (χ3v) is 6.07. The maximum Gasteiger partial charge on any atom is 0.282 e. The Morgan fingerprint density at radius 2 is 1.45 bits per heavy atom.